The van der Waals surface area contributed by atoms with Crippen LogP contribution in [0, 0.1) is 12.7 Å². The van der Waals surface area contributed by atoms with Gasteiger partial charge in [-0.25, -0.2) is 17.8 Å². The Morgan fingerprint density at radius 3 is 2.46 bits per heavy atom. The second-order valence-electron chi connectivity index (χ2n) is 9.26. The highest BCUT2D eigenvalue weighted by molar-refractivity contribution is 7.92. The van der Waals surface area contributed by atoms with E-state index in [4.69, 9.17) is 0 Å². The van der Waals surface area contributed by atoms with Crippen LogP contribution in [0.1, 0.15) is 35.4 Å². The molecule has 1 aliphatic rings. The smallest absolute Gasteiger partial charge is 0.253 e. The number of fused-ring (bicyclic) bond motifs is 2. The van der Waals surface area contributed by atoms with E-state index in [1.165, 1.54) is 12.1 Å². The molecule has 0 saturated carbocycles. The Morgan fingerprint density at radius 2 is 1.77 bits per heavy atom. The van der Waals surface area contributed by atoms with Gasteiger partial charge in [0.1, 0.15) is 17.2 Å². The first kappa shape index (κ1) is 23.3. The number of benzene rings is 2. The van der Waals surface area contributed by atoms with Crippen molar-refractivity contribution in [1.82, 2.24) is 14.1 Å². The van der Waals surface area contributed by atoms with Gasteiger partial charge < -0.3 is 9.13 Å². The molecule has 0 saturated heterocycles. The van der Waals surface area contributed by atoms with Gasteiger partial charge >= 0.3 is 0 Å². The first-order valence-corrected chi connectivity index (χ1v) is 13.4. The monoisotopic (exact) mass is 494 g/mol. The zero-order valence-corrected chi connectivity index (χ0v) is 20.7. The van der Waals surface area contributed by atoms with E-state index in [2.05, 4.69) is 9.71 Å². The predicted octanol–water partition coefficient (Wildman–Crippen LogP) is 4.15. The fourth-order valence-electron chi connectivity index (χ4n) is 4.97. The molecule has 0 spiro atoms. The van der Waals surface area contributed by atoms with E-state index in [1.807, 2.05) is 23.8 Å². The van der Waals surface area contributed by atoms with Gasteiger partial charge in [-0.2, -0.15) is 0 Å². The average Bonchev–Trinajstić information content (AvgIpc) is 3.12. The summed E-state index contributed by atoms with van der Waals surface area (Å²) in [5, 5.41) is 0. The van der Waals surface area contributed by atoms with Gasteiger partial charge in [0.2, 0.25) is 10.0 Å². The molecule has 1 aliphatic carbocycles. The van der Waals surface area contributed by atoms with Gasteiger partial charge in [0.25, 0.3) is 5.56 Å². The van der Waals surface area contributed by atoms with E-state index in [9.17, 15) is 17.6 Å². The number of anilines is 1. The van der Waals surface area contributed by atoms with Gasteiger partial charge in [-0.1, -0.05) is 12.1 Å². The van der Waals surface area contributed by atoms with Crippen molar-refractivity contribution >= 4 is 26.7 Å². The Hall–Kier alpha value is -3.46. The molecular weight excluding hydrogens is 467 g/mol. The molecule has 0 atom stereocenters. The molecule has 9 heteroatoms. The van der Waals surface area contributed by atoms with Crippen molar-refractivity contribution in [2.24, 2.45) is 7.05 Å². The summed E-state index contributed by atoms with van der Waals surface area (Å²) in [5.74, 6) is 0.405. The summed E-state index contributed by atoms with van der Waals surface area (Å²) < 4.78 is 44.1. The lowest BCUT2D eigenvalue weighted by Crippen LogP contribution is -2.25. The third kappa shape index (κ3) is 4.48. The number of halogens is 1. The molecule has 0 unspecified atom stereocenters. The highest BCUT2D eigenvalue weighted by atomic mass is 32.2. The summed E-state index contributed by atoms with van der Waals surface area (Å²) in [4.78, 5) is 17.5. The summed E-state index contributed by atoms with van der Waals surface area (Å²) >= 11 is 0. The van der Waals surface area contributed by atoms with Crippen LogP contribution in [0.2, 0.25) is 0 Å². The first-order chi connectivity index (χ1) is 16.6. The summed E-state index contributed by atoms with van der Waals surface area (Å²) in [6.45, 7) is 2.32. The third-order valence-electron chi connectivity index (χ3n) is 6.60. The Kier molecular flexibility index (Phi) is 5.75. The van der Waals surface area contributed by atoms with Gasteiger partial charge in [0.05, 0.1) is 17.5 Å². The molecule has 0 fully saturated rings. The molecule has 2 heterocycles. The van der Waals surface area contributed by atoms with Crippen molar-refractivity contribution < 1.29 is 12.8 Å². The lowest BCUT2D eigenvalue weighted by Gasteiger charge is -2.21. The third-order valence-corrected chi connectivity index (χ3v) is 7.19. The minimum atomic E-state index is -3.56. The van der Waals surface area contributed by atoms with Crippen LogP contribution in [0.15, 0.2) is 47.4 Å². The molecule has 182 valence electrons. The van der Waals surface area contributed by atoms with Crippen molar-refractivity contribution in [2.75, 3.05) is 11.0 Å². The lowest BCUT2D eigenvalue weighted by molar-refractivity contribution is 0.607. The molecular formula is C26H27FN4O3S. The number of sulfonamides is 1. The number of aromatic nitrogens is 3. The van der Waals surface area contributed by atoms with Gasteiger partial charge in [-0.15, -0.1) is 0 Å². The Balaban J connectivity index is 1.76. The van der Waals surface area contributed by atoms with Crippen LogP contribution in [-0.2, 0) is 36.5 Å². The Bertz CT molecular complexity index is 1620. The van der Waals surface area contributed by atoms with E-state index in [0.717, 1.165) is 65.3 Å². The number of rotatable bonds is 5. The number of imidazole rings is 1. The zero-order valence-electron chi connectivity index (χ0n) is 19.9. The summed E-state index contributed by atoms with van der Waals surface area (Å²) in [6, 6.07) is 10.1. The number of nitrogens with one attached hydrogen (secondary N) is 1. The number of pyridine rings is 1. The van der Waals surface area contributed by atoms with E-state index in [-0.39, 0.29) is 11.4 Å². The molecule has 0 amide bonds. The van der Waals surface area contributed by atoms with Crippen LogP contribution in [0.5, 0.6) is 0 Å². The fourth-order valence-corrected chi connectivity index (χ4v) is 5.53. The molecule has 1 N–H and O–H groups in total. The number of aryl methyl sites for hydroxylation is 2. The van der Waals surface area contributed by atoms with E-state index in [1.54, 1.807) is 29.8 Å². The maximum Gasteiger partial charge on any atom is 0.253 e. The van der Waals surface area contributed by atoms with Gasteiger partial charge in [0.15, 0.2) is 0 Å². The van der Waals surface area contributed by atoms with Crippen LogP contribution < -0.4 is 10.3 Å². The highest BCUT2D eigenvalue weighted by Crippen LogP contribution is 2.36. The second kappa shape index (κ2) is 8.64. The largest absolute Gasteiger partial charge is 0.324 e. The van der Waals surface area contributed by atoms with Crippen LogP contribution in [0.4, 0.5) is 10.1 Å². The standard InChI is InChI=1S/C26H27FN4O3S/c1-16-28-25-23(29-35(3,33)34)12-18(13-24(25)31(16)14-17-8-10-19(27)11-9-17)22-15-30(2)26(32)21-7-5-4-6-20(21)22/h8-13,15,29H,4-7,14H2,1-3H3. The number of hydrogen-bond acceptors (Lipinski definition) is 4. The number of nitrogens with zero attached hydrogens (tertiary/aromatic N) is 3. The summed E-state index contributed by atoms with van der Waals surface area (Å²) in [6.07, 6.45) is 6.49. The molecule has 0 aliphatic heterocycles. The fraction of sp³-hybridized carbons (Fsp3) is 0.308. The molecule has 2 aromatic heterocycles. The lowest BCUT2D eigenvalue weighted by atomic mass is 9.87. The van der Waals surface area contributed by atoms with Crippen LogP contribution >= 0.6 is 0 Å². The topological polar surface area (TPSA) is 86.0 Å². The van der Waals surface area contributed by atoms with Gasteiger partial charge in [-0.05, 0) is 73.6 Å². The molecule has 35 heavy (non-hydrogen) atoms. The highest BCUT2D eigenvalue weighted by Gasteiger charge is 2.22. The van der Waals surface area contributed by atoms with E-state index in [0.29, 0.717) is 23.6 Å². The molecule has 7 nitrogen and oxygen atoms in total. The Labute approximate surface area is 203 Å². The molecule has 0 radical (unpaired) electrons. The number of hydrogen-bond donors (Lipinski definition) is 1. The SMILES string of the molecule is Cc1nc2c(NS(C)(=O)=O)cc(-c3cn(C)c(=O)c4c3CCCC4)cc2n1Cc1ccc(F)cc1. The molecule has 0 bridgehead atoms. The maximum atomic E-state index is 13.4. The minimum absolute atomic E-state index is 0.0243. The van der Waals surface area contributed by atoms with Crippen molar-refractivity contribution in [3.63, 3.8) is 0 Å². The maximum absolute atomic E-state index is 13.4. The van der Waals surface area contributed by atoms with Crippen LogP contribution in [-0.4, -0.2) is 28.8 Å². The second-order valence-corrected chi connectivity index (χ2v) is 11.0. The average molecular weight is 495 g/mol. The van der Waals surface area contributed by atoms with Gasteiger partial charge in [0, 0.05) is 30.9 Å². The normalized spacial score (nSPS) is 13.7. The summed E-state index contributed by atoms with van der Waals surface area (Å²) in [7, 11) is -1.82. The van der Waals surface area contributed by atoms with Crippen molar-refractivity contribution in [3.05, 3.63) is 81.3 Å². The summed E-state index contributed by atoms with van der Waals surface area (Å²) in [5.41, 5.74) is 6.22. The first-order valence-electron chi connectivity index (χ1n) is 11.6. The van der Waals surface area contributed by atoms with Crippen LogP contribution in [0.3, 0.4) is 0 Å². The Morgan fingerprint density at radius 1 is 1.09 bits per heavy atom. The minimum Gasteiger partial charge on any atom is -0.324 e. The van der Waals surface area contributed by atoms with Gasteiger partial charge in [-0.3, -0.25) is 9.52 Å². The zero-order chi connectivity index (χ0) is 24.9. The van der Waals surface area contributed by atoms with E-state index >= 15 is 0 Å². The van der Waals surface area contributed by atoms with Crippen molar-refractivity contribution in [3.8, 4) is 11.1 Å². The predicted molar refractivity (Wildman–Crippen MR) is 136 cm³/mol. The van der Waals surface area contributed by atoms with Crippen molar-refractivity contribution in [1.29, 1.82) is 0 Å². The van der Waals surface area contributed by atoms with Crippen LogP contribution in [0.25, 0.3) is 22.2 Å². The quantitative estimate of drug-likeness (QED) is 0.452. The van der Waals surface area contributed by atoms with E-state index < -0.39 is 10.0 Å². The molecule has 5 rings (SSSR count). The molecule has 2 aromatic carbocycles. The van der Waals surface area contributed by atoms with Crippen molar-refractivity contribution in [2.45, 2.75) is 39.2 Å². The molecule has 4 aromatic rings.